The molecule has 2 aliphatic heterocycles. The second kappa shape index (κ2) is 9.33. The lowest BCUT2D eigenvalue weighted by atomic mass is 9.98. The van der Waals surface area contributed by atoms with Crippen molar-refractivity contribution in [3.63, 3.8) is 0 Å². The van der Waals surface area contributed by atoms with Gasteiger partial charge >= 0.3 is 5.97 Å². The lowest BCUT2D eigenvalue weighted by Crippen LogP contribution is -2.49. The fourth-order valence-corrected chi connectivity index (χ4v) is 3.06. The molecular weight excluding hydrogens is 306 g/mol. The summed E-state index contributed by atoms with van der Waals surface area (Å²) in [4.78, 5) is 28.2. The predicted molar refractivity (Wildman–Crippen MR) is 86.8 cm³/mol. The summed E-state index contributed by atoms with van der Waals surface area (Å²) in [5.74, 6) is -0.198. The maximum absolute atomic E-state index is 12.4. The van der Waals surface area contributed by atoms with Crippen LogP contribution in [0.25, 0.3) is 0 Å². The first-order valence-corrected chi connectivity index (χ1v) is 8.02. The average Bonchev–Trinajstić information content (AvgIpc) is 2.50. The van der Waals surface area contributed by atoms with Crippen LogP contribution in [0.1, 0.15) is 32.6 Å². The number of nitrogens with two attached hydrogens (primary N) is 1. The molecular formula is C15H28ClN3O3. The van der Waals surface area contributed by atoms with Crippen molar-refractivity contribution < 1.29 is 14.3 Å². The van der Waals surface area contributed by atoms with E-state index >= 15 is 0 Å². The number of hydrogen-bond donors (Lipinski definition) is 1. The van der Waals surface area contributed by atoms with Gasteiger partial charge in [-0.05, 0) is 32.6 Å². The van der Waals surface area contributed by atoms with Crippen molar-refractivity contribution in [3.8, 4) is 0 Å². The summed E-state index contributed by atoms with van der Waals surface area (Å²) < 4.78 is 5.07. The highest BCUT2D eigenvalue weighted by molar-refractivity contribution is 5.85. The van der Waals surface area contributed by atoms with Gasteiger partial charge in [-0.1, -0.05) is 0 Å². The molecule has 1 amide bonds. The third-order valence-corrected chi connectivity index (χ3v) is 4.39. The molecule has 2 rings (SSSR count). The van der Waals surface area contributed by atoms with Gasteiger partial charge in [0.1, 0.15) is 0 Å². The van der Waals surface area contributed by atoms with Gasteiger partial charge in [0.15, 0.2) is 0 Å². The number of carbonyl (C=O) groups excluding carboxylic acids is 2. The third-order valence-electron chi connectivity index (χ3n) is 4.39. The fraction of sp³-hybridized carbons (Fsp3) is 0.867. The molecule has 2 fully saturated rings. The van der Waals surface area contributed by atoms with Crippen LogP contribution in [-0.2, 0) is 14.3 Å². The number of amides is 1. The minimum atomic E-state index is -0.168. The molecule has 0 saturated carbocycles. The molecule has 2 N–H and O–H groups in total. The molecule has 0 bridgehead atoms. The van der Waals surface area contributed by atoms with Crippen LogP contribution >= 0.6 is 12.4 Å². The zero-order chi connectivity index (χ0) is 15.2. The molecule has 0 radical (unpaired) electrons. The Morgan fingerprint density at radius 1 is 1.18 bits per heavy atom. The molecule has 0 aromatic carbocycles. The molecule has 2 heterocycles. The summed E-state index contributed by atoms with van der Waals surface area (Å²) in [5, 5.41) is 0. The minimum absolute atomic E-state index is 0. The summed E-state index contributed by atoms with van der Waals surface area (Å²) in [5.41, 5.74) is 5.88. The van der Waals surface area contributed by atoms with E-state index in [2.05, 4.69) is 4.90 Å². The quantitative estimate of drug-likeness (QED) is 0.764. The SMILES string of the molecule is CCOC(=O)C1CCCN(C(=O)CN2CCC(N)CC2)C1.Cl. The van der Waals surface area contributed by atoms with Crippen molar-refractivity contribution in [3.05, 3.63) is 0 Å². The summed E-state index contributed by atoms with van der Waals surface area (Å²) in [7, 11) is 0. The number of ether oxygens (including phenoxy) is 1. The Kier molecular flexibility index (Phi) is 8.14. The van der Waals surface area contributed by atoms with Gasteiger partial charge in [0.2, 0.25) is 5.91 Å². The van der Waals surface area contributed by atoms with E-state index in [-0.39, 0.29) is 36.2 Å². The number of halogens is 1. The molecule has 0 spiro atoms. The second-order valence-electron chi connectivity index (χ2n) is 6.04. The van der Waals surface area contributed by atoms with E-state index in [0.717, 1.165) is 45.3 Å². The maximum atomic E-state index is 12.4. The van der Waals surface area contributed by atoms with Crippen LogP contribution in [0, 0.1) is 5.92 Å². The van der Waals surface area contributed by atoms with Crippen LogP contribution in [0.4, 0.5) is 0 Å². The highest BCUT2D eigenvalue weighted by atomic mass is 35.5. The van der Waals surface area contributed by atoms with Crippen molar-refractivity contribution in [2.45, 2.75) is 38.6 Å². The van der Waals surface area contributed by atoms with E-state index < -0.39 is 0 Å². The van der Waals surface area contributed by atoms with Gasteiger partial charge < -0.3 is 15.4 Å². The Morgan fingerprint density at radius 2 is 1.86 bits per heavy atom. The Labute approximate surface area is 138 Å². The average molecular weight is 334 g/mol. The van der Waals surface area contributed by atoms with Gasteiger partial charge in [0, 0.05) is 32.2 Å². The number of likely N-dealkylation sites (tertiary alicyclic amines) is 2. The van der Waals surface area contributed by atoms with Crippen LogP contribution in [0.3, 0.4) is 0 Å². The predicted octanol–water partition coefficient (Wildman–Crippen LogP) is 0.633. The maximum Gasteiger partial charge on any atom is 0.310 e. The lowest BCUT2D eigenvalue weighted by Gasteiger charge is -2.35. The molecule has 1 atom stereocenters. The number of hydrogen-bond acceptors (Lipinski definition) is 5. The topological polar surface area (TPSA) is 75.9 Å². The monoisotopic (exact) mass is 333 g/mol. The van der Waals surface area contributed by atoms with E-state index in [1.165, 1.54) is 0 Å². The number of carbonyl (C=O) groups is 2. The number of nitrogens with zero attached hydrogens (tertiary/aromatic N) is 2. The molecule has 6 nitrogen and oxygen atoms in total. The first-order valence-electron chi connectivity index (χ1n) is 8.02. The smallest absolute Gasteiger partial charge is 0.310 e. The first kappa shape index (κ1) is 19.2. The van der Waals surface area contributed by atoms with Gasteiger partial charge in [0.05, 0.1) is 19.1 Å². The standard InChI is InChI=1S/C15H27N3O3.ClH/c1-2-21-15(20)12-4-3-7-18(10-12)14(19)11-17-8-5-13(16)6-9-17;/h12-13H,2-11,16H2,1H3;1H. The zero-order valence-corrected chi connectivity index (χ0v) is 14.1. The van der Waals surface area contributed by atoms with Gasteiger partial charge in [0.25, 0.3) is 0 Å². The van der Waals surface area contributed by atoms with Crippen LogP contribution < -0.4 is 5.73 Å². The molecule has 7 heteroatoms. The molecule has 1 unspecified atom stereocenters. The molecule has 2 aliphatic rings. The first-order chi connectivity index (χ1) is 10.1. The van der Waals surface area contributed by atoms with Gasteiger partial charge in [-0.25, -0.2) is 0 Å². The molecule has 128 valence electrons. The lowest BCUT2D eigenvalue weighted by molar-refractivity contribution is -0.151. The Bertz CT molecular complexity index is 373. The molecule has 0 aromatic heterocycles. The van der Waals surface area contributed by atoms with E-state index in [4.69, 9.17) is 10.5 Å². The Hall–Kier alpha value is -0.850. The van der Waals surface area contributed by atoms with Crippen molar-refractivity contribution in [1.29, 1.82) is 0 Å². The molecule has 0 aromatic rings. The summed E-state index contributed by atoms with van der Waals surface area (Å²) >= 11 is 0. The fourth-order valence-electron chi connectivity index (χ4n) is 3.06. The van der Waals surface area contributed by atoms with Gasteiger partial charge in [-0.2, -0.15) is 0 Å². The van der Waals surface area contributed by atoms with E-state index in [0.29, 0.717) is 19.7 Å². The van der Waals surface area contributed by atoms with Crippen molar-refractivity contribution >= 4 is 24.3 Å². The van der Waals surface area contributed by atoms with Crippen LogP contribution in [-0.4, -0.2) is 67.0 Å². The van der Waals surface area contributed by atoms with Crippen molar-refractivity contribution in [2.75, 3.05) is 39.3 Å². The van der Waals surface area contributed by atoms with Gasteiger partial charge in [-0.15, -0.1) is 12.4 Å². The van der Waals surface area contributed by atoms with E-state index in [1.807, 2.05) is 11.8 Å². The Morgan fingerprint density at radius 3 is 2.50 bits per heavy atom. The highest BCUT2D eigenvalue weighted by Gasteiger charge is 2.30. The van der Waals surface area contributed by atoms with Crippen molar-refractivity contribution in [2.24, 2.45) is 11.7 Å². The molecule has 2 saturated heterocycles. The van der Waals surface area contributed by atoms with Crippen LogP contribution in [0.15, 0.2) is 0 Å². The number of rotatable bonds is 4. The Balaban J connectivity index is 0.00000242. The van der Waals surface area contributed by atoms with E-state index in [9.17, 15) is 9.59 Å². The largest absolute Gasteiger partial charge is 0.466 e. The molecule has 22 heavy (non-hydrogen) atoms. The summed E-state index contributed by atoms with van der Waals surface area (Å²) in [6, 6.07) is 0.277. The normalized spacial score (nSPS) is 23.7. The summed E-state index contributed by atoms with van der Waals surface area (Å²) in [6.07, 6.45) is 3.61. The summed E-state index contributed by atoms with van der Waals surface area (Å²) in [6.45, 7) is 5.70. The zero-order valence-electron chi connectivity index (χ0n) is 13.3. The van der Waals surface area contributed by atoms with E-state index in [1.54, 1.807) is 0 Å². The molecule has 0 aliphatic carbocycles. The van der Waals surface area contributed by atoms with Crippen molar-refractivity contribution in [1.82, 2.24) is 9.80 Å². The number of piperidine rings is 2. The van der Waals surface area contributed by atoms with Crippen LogP contribution in [0.5, 0.6) is 0 Å². The second-order valence-corrected chi connectivity index (χ2v) is 6.04. The third kappa shape index (κ3) is 5.41. The number of esters is 1. The minimum Gasteiger partial charge on any atom is -0.466 e. The van der Waals surface area contributed by atoms with Crippen LogP contribution in [0.2, 0.25) is 0 Å². The van der Waals surface area contributed by atoms with Gasteiger partial charge in [-0.3, -0.25) is 14.5 Å². The highest BCUT2D eigenvalue weighted by Crippen LogP contribution is 2.18.